The van der Waals surface area contributed by atoms with Gasteiger partial charge in [0.2, 0.25) is 15.9 Å². The Bertz CT molecular complexity index is 1600. The third kappa shape index (κ3) is 9.49. The number of hydrogen-bond acceptors (Lipinski definition) is 10. The number of aromatic nitrogens is 3. The molecule has 3 aromatic rings. The highest BCUT2D eigenvalue weighted by atomic mass is 79.9. The number of esters is 1. The van der Waals surface area contributed by atoms with E-state index in [4.69, 9.17) is 4.74 Å². The van der Waals surface area contributed by atoms with Crippen LogP contribution in [-0.2, 0) is 30.9 Å². The summed E-state index contributed by atoms with van der Waals surface area (Å²) in [6.45, 7) is 9.00. The Labute approximate surface area is 264 Å². The first-order valence-electron chi connectivity index (χ1n) is 13.9. The lowest BCUT2D eigenvalue weighted by atomic mass is 10.2. The highest BCUT2D eigenvalue weighted by molar-refractivity contribution is 9.10. The van der Waals surface area contributed by atoms with Crippen molar-refractivity contribution in [2.24, 2.45) is 4.99 Å². The predicted molar refractivity (Wildman–Crippen MR) is 169 cm³/mol. The number of halogens is 1. The van der Waals surface area contributed by atoms with Crippen LogP contribution >= 0.6 is 27.7 Å². The fourth-order valence-corrected chi connectivity index (χ4v) is 6.82. The summed E-state index contributed by atoms with van der Waals surface area (Å²) >= 11 is 4.55. The van der Waals surface area contributed by atoms with E-state index in [9.17, 15) is 18.0 Å². The number of aliphatic imine (C=N–C) groups is 1. The molecule has 0 fully saturated rings. The van der Waals surface area contributed by atoms with Gasteiger partial charge in [0.25, 0.3) is 0 Å². The van der Waals surface area contributed by atoms with Gasteiger partial charge in [-0.3, -0.25) is 19.9 Å². The van der Waals surface area contributed by atoms with E-state index in [0.29, 0.717) is 48.4 Å². The van der Waals surface area contributed by atoms with Crippen molar-refractivity contribution in [2.45, 2.75) is 75.1 Å². The lowest BCUT2D eigenvalue weighted by molar-refractivity contribution is -0.156. The van der Waals surface area contributed by atoms with Crippen LogP contribution in [-0.4, -0.2) is 71.3 Å². The molecule has 1 aliphatic rings. The second-order valence-electron chi connectivity index (χ2n) is 11.0. The zero-order chi connectivity index (χ0) is 31.2. The van der Waals surface area contributed by atoms with Gasteiger partial charge in [0.1, 0.15) is 28.1 Å². The molecule has 43 heavy (non-hydrogen) atoms. The van der Waals surface area contributed by atoms with Crippen molar-refractivity contribution in [3.63, 3.8) is 0 Å². The molecule has 15 heteroatoms. The Morgan fingerprint density at radius 3 is 2.60 bits per heavy atom. The Morgan fingerprint density at radius 2 is 1.93 bits per heavy atom. The number of nitrogens with zero attached hydrogens (tertiary/aromatic N) is 4. The molecule has 0 unspecified atom stereocenters. The molecule has 1 aromatic carbocycles. The normalized spacial score (nSPS) is 14.6. The van der Waals surface area contributed by atoms with Crippen LogP contribution in [0.2, 0.25) is 0 Å². The minimum atomic E-state index is -4.02. The van der Waals surface area contributed by atoms with Gasteiger partial charge in [-0.05, 0) is 70.9 Å². The van der Waals surface area contributed by atoms with Gasteiger partial charge in [0.15, 0.2) is 5.96 Å². The number of thioether (sulfide) groups is 1. The van der Waals surface area contributed by atoms with Gasteiger partial charge in [-0.15, -0.1) is 11.8 Å². The van der Waals surface area contributed by atoms with Gasteiger partial charge in [0.05, 0.1) is 10.3 Å². The fourth-order valence-electron chi connectivity index (χ4n) is 4.21. The zero-order valence-electron chi connectivity index (χ0n) is 24.5. The van der Waals surface area contributed by atoms with Crippen molar-refractivity contribution in [1.29, 1.82) is 0 Å². The second-order valence-corrected chi connectivity index (χ2v) is 14.6. The molecular formula is C28H36BrN7O5S2. The zero-order valence-corrected chi connectivity index (χ0v) is 27.7. The number of ether oxygens (including phenoxy) is 1. The van der Waals surface area contributed by atoms with Crippen LogP contribution in [0.15, 0.2) is 55.9 Å². The summed E-state index contributed by atoms with van der Waals surface area (Å²) in [5, 5.41) is 7.25. The summed E-state index contributed by atoms with van der Waals surface area (Å²) in [6.07, 6.45) is 3.75. The van der Waals surface area contributed by atoms with Crippen LogP contribution in [0.1, 0.15) is 45.9 Å². The number of hydrogen-bond donors (Lipinski definition) is 3. The van der Waals surface area contributed by atoms with Crippen LogP contribution in [0, 0.1) is 6.92 Å². The van der Waals surface area contributed by atoms with E-state index in [-0.39, 0.29) is 16.6 Å². The van der Waals surface area contributed by atoms with Crippen molar-refractivity contribution >= 4 is 66.6 Å². The average Bonchev–Trinajstić information content (AvgIpc) is 3.33. The number of aryl methyl sites for hydroxylation is 2. The van der Waals surface area contributed by atoms with Crippen molar-refractivity contribution in [3.8, 4) is 0 Å². The highest BCUT2D eigenvalue weighted by Gasteiger charge is 2.30. The number of amides is 1. The molecule has 232 valence electrons. The maximum absolute atomic E-state index is 13.2. The Hall–Kier alpha value is -3.01. The molecule has 3 heterocycles. The number of benzene rings is 1. The van der Waals surface area contributed by atoms with Crippen molar-refractivity contribution in [1.82, 2.24) is 29.9 Å². The number of carbonyl (C=O) groups excluding carboxylic acids is 2. The number of guanidine groups is 1. The summed E-state index contributed by atoms with van der Waals surface area (Å²) in [5.41, 5.74) is -0.117. The topological polar surface area (TPSA) is 157 Å². The first-order valence-corrected chi connectivity index (χ1v) is 17.1. The summed E-state index contributed by atoms with van der Waals surface area (Å²) in [7, 11) is -4.02. The Balaban J connectivity index is 1.47. The molecule has 0 bridgehead atoms. The van der Waals surface area contributed by atoms with E-state index in [0.717, 1.165) is 22.8 Å². The van der Waals surface area contributed by atoms with Crippen LogP contribution in [0.3, 0.4) is 0 Å². The van der Waals surface area contributed by atoms with E-state index in [1.54, 1.807) is 39.8 Å². The quantitative estimate of drug-likeness (QED) is 0.155. The molecule has 1 amide bonds. The molecule has 12 nitrogen and oxygen atoms in total. The van der Waals surface area contributed by atoms with E-state index in [1.165, 1.54) is 23.9 Å². The molecule has 3 N–H and O–H groups in total. The maximum Gasteiger partial charge on any atom is 0.325 e. The van der Waals surface area contributed by atoms with E-state index >= 15 is 0 Å². The first kappa shape index (κ1) is 32.9. The molecule has 1 atom stereocenters. The third-order valence-corrected chi connectivity index (χ3v) is 9.25. The SMILES string of the molecule is Cc1nc(SC[C@H](NS(=O)(=O)c2ccc(Br)cc2)C(=O)OC(C)(C)C)c2ccn(CCCC(=O)NC3=NCCCN3)c2n1. The lowest BCUT2D eigenvalue weighted by Crippen LogP contribution is -2.45. The number of rotatable bonds is 11. The summed E-state index contributed by atoms with van der Waals surface area (Å²) in [5.74, 6) is 0.299. The fraction of sp³-hybridized carbons (Fsp3) is 0.464. The minimum Gasteiger partial charge on any atom is -0.459 e. The summed E-state index contributed by atoms with van der Waals surface area (Å²) in [4.78, 5) is 39.0. The second kappa shape index (κ2) is 14.2. The number of sulfonamides is 1. The number of carbonyl (C=O) groups is 2. The van der Waals surface area contributed by atoms with Crippen molar-refractivity contribution in [3.05, 3.63) is 46.8 Å². The van der Waals surface area contributed by atoms with E-state index < -0.39 is 27.6 Å². The maximum atomic E-state index is 13.2. The van der Waals surface area contributed by atoms with Gasteiger partial charge in [-0.25, -0.2) is 18.4 Å². The monoisotopic (exact) mass is 693 g/mol. The third-order valence-electron chi connectivity index (χ3n) is 6.15. The molecular weight excluding hydrogens is 658 g/mol. The smallest absolute Gasteiger partial charge is 0.325 e. The van der Waals surface area contributed by atoms with Crippen LogP contribution in [0.4, 0.5) is 0 Å². The summed E-state index contributed by atoms with van der Waals surface area (Å²) < 4.78 is 37.1. The molecule has 0 radical (unpaired) electrons. The van der Waals surface area contributed by atoms with Crippen molar-refractivity contribution in [2.75, 3.05) is 18.8 Å². The predicted octanol–water partition coefficient (Wildman–Crippen LogP) is 3.53. The number of nitrogens with one attached hydrogen (secondary N) is 3. The van der Waals surface area contributed by atoms with Gasteiger partial charge in [-0.1, -0.05) is 15.9 Å². The van der Waals surface area contributed by atoms with Gasteiger partial charge >= 0.3 is 5.97 Å². The van der Waals surface area contributed by atoms with Crippen molar-refractivity contribution < 1.29 is 22.7 Å². The summed E-state index contributed by atoms with van der Waals surface area (Å²) in [6, 6.07) is 6.85. The van der Waals surface area contributed by atoms with Gasteiger partial charge in [0, 0.05) is 42.5 Å². The molecule has 1 aliphatic heterocycles. The molecule has 0 spiro atoms. The molecule has 4 rings (SSSR count). The Kier molecular flexibility index (Phi) is 10.8. The van der Waals surface area contributed by atoms with E-state index in [2.05, 4.69) is 46.2 Å². The van der Waals surface area contributed by atoms with Crippen LogP contribution in [0.5, 0.6) is 0 Å². The molecule has 0 saturated carbocycles. The highest BCUT2D eigenvalue weighted by Crippen LogP contribution is 2.28. The molecule has 0 aliphatic carbocycles. The van der Waals surface area contributed by atoms with Crippen LogP contribution in [0.25, 0.3) is 11.0 Å². The number of fused-ring (bicyclic) bond motifs is 1. The lowest BCUT2D eigenvalue weighted by Gasteiger charge is -2.24. The standard InChI is InChI=1S/C28H36BrN7O5S2/c1-18-32-24-21(12-16-36(24)15-5-7-23(37)34-27-30-13-6-14-31-27)25(33-18)42-17-22(26(38)41-28(2,3)4)35-43(39,40)20-10-8-19(29)9-11-20/h8-12,16,22,35H,5-7,13-15,17H2,1-4H3,(H2,30,31,34,37)/t22-/m0/s1. The van der Waals surface area contributed by atoms with Gasteiger partial charge < -0.3 is 14.6 Å². The molecule has 0 saturated heterocycles. The van der Waals surface area contributed by atoms with E-state index in [1.807, 2.05) is 16.8 Å². The largest absolute Gasteiger partial charge is 0.459 e. The molecule has 2 aromatic heterocycles. The first-order chi connectivity index (χ1) is 20.3. The average molecular weight is 695 g/mol. The Morgan fingerprint density at radius 1 is 1.19 bits per heavy atom. The van der Waals surface area contributed by atoms with Gasteiger partial charge in [-0.2, -0.15) is 4.72 Å². The van der Waals surface area contributed by atoms with Crippen LogP contribution < -0.4 is 15.4 Å². The minimum absolute atomic E-state index is 0.0308.